The maximum absolute atomic E-state index is 11.6. The number of carbonyl (C=O) groups is 2. The number of halogens is 1. The lowest BCUT2D eigenvalue weighted by Crippen LogP contribution is -2.36. The fourth-order valence-electron chi connectivity index (χ4n) is 2.34. The molecular formula is C15H20ClN3O2. The lowest BCUT2D eigenvalue weighted by Gasteiger charge is -2.28. The van der Waals surface area contributed by atoms with Crippen LogP contribution in [0.25, 0.3) is 0 Å². The first-order valence-corrected chi connectivity index (χ1v) is 7.74. The summed E-state index contributed by atoms with van der Waals surface area (Å²) >= 11 is 5.45. The minimum absolute atomic E-state index is 0.279. The van der Waals surface area contributed by atoms with E-state index in [0.29, 0.717) is 5.69 Å². The second-order valence-electron chi connectivity index (χ2n) is 4.99. The molecule has 2 amide bonds. The van der Waals surface area contributed by atoms with Gasteiger partial charge in [0.15, 0.2) is 0 Å². The first kappa shape index (κ1) is 15.6. The zero-order valence-electron chi connectivity index (χ0n) is 11.9. The number of anilines is 2. The van der Waals surface area contributed by atoms with Crippen molar-refractivity contribution in [3.63, 3.8) is 0 Å². The minimum atomic E-state index is -0.675. The molecule has 21 heavy (non-hydrogen) atoms. The van der Waals surface area contributed by atoms with E-state index in [9.17, 15) is 9.59 Å². The van der Waals surface area contributed by atoms with Crippen molar-refractivity contribution in [2.24, 2.45) is 0 Å². The first-order valence-electron chi connectivity index (χ1n) is 7.21. The van der Waals surface area contributed by atoms with Crippen molar-refractivity contribution in [2.75, 3.05) is 35.7 Å². The van der Waals surface area contributed by atoms with Crippen LogP contribution in [0.5, 0.6) is 0 Å². The molecule has 0 aromatic heterocycles. The lowest BCUT2D eigenvalue weighted by molar-refractivity contribution is -0.136. The van der Waals surface area contributed by atoms with Gasteiger partial charge in [0, 0.05) is 36.9 Å². The predicted octanol–water partition coefficient (Wildman–Crippen LogP) is 1.97. The number of alkyl halides is 1. The topological polar surface area (TPSA) is 61.4 Å². The van der Waals surface area contributed by atoms with Crippen molar-refractivity contribution in [3.8, 4) is 0 Å². The van der Waals surface area contributed by atoms with E-state index in [0.717, 1.165) is 18.8 Å². The van der Waals surface area contributed by atoms with Crippen molar-refractivity contribution in [1.82, 2.24) is 5.32 Å². The molecule has 1 aliphatic rings. The smallest absolute Gasteiger partial charge is 0.313 e. The van der Waals surface area contributed by atoms with Gasteiger partial charge in [0.05, 0.1) is 0 Å². The van der Waals surface area contributed by atoms with Gasteiger partial charge in [0.1, 0.15) is 0 Å². The molecule has 114 valence electrons. The van der Waals surface area contributed by atoms with E-state index in [1.165, 1.54) is 19.3 Å². The van der Waals surface area contributed by atoms with Crippen LogP contribution in [-0.4, -0.2) is 37.3 Å². The van der Waals surface area contributed by atoms with E-state index in [1.807, 2.05) is 24.3 Å². The van der Waals surface area contributed by atoms with E-state index in [4.69, 9.17) is 11.6 Å². The monoisotopic (exact) mass is 309 g/mol. The number of piperidine rings is 1. The van der Waals surface area contributed by atoms with Crippen LogP contribution in [0.15, 0.2) is 24.3 Å². The van der Waals surface area contributed by atoms with Gasteiger partial charge in [-0.1, -0.05) is 0 Å². The number of benzene rings is 1. The van der Waals surface area contributed by atoms with Gasteiger partial charge in [-0.2, -0.15) is 0 Å². The van der Waals surface area contributed by atoms with E-state index in [2.05, 4.69) is 15.5 Å². The number of nitrogens with zero attached hydrogens (tertiary/aromatic N) is 1. The largest absolute Gasteiger partial charge is 0.372 e. The van der Waals surface area contributed by atoms with Crippen LogP contribution in [0, 0.1) is 0 Å². The van der Waals surface area contributed by atoms with Gasteiger partial charge in [0.25, 0.3) is 0 Å². The number of hydrogen-bond donors (Lipinski definition) is 2. The van der Waals surface area contributed by atoms with E-state index in [1.54, 1.807) is 0 Å². The van der Waals surface area contributed by atoms with Crippen molar-refractivity contribution in [1.29, 1.82) is 0 Å². The molecule has 1 aliphatic heterocycles. The van der Waals surface area contributed by atoms with Crippen LogP contribution in [-0.2, 0) is 9.59 Å². The highest BCUT2D eigenvalue weighted by Crippen LogP contribution is 2.21. The average Bonchev–Trinajstić information content (AvgIpc) is 2.54. The van der Waals surface area contributed by atoms with Crippen molar-refractivity contribution < 1.29 is 9.59 Å². The summed E-state index contributed by atoms with van der Waals surface area (Å²) in [6.07, 6.45) is 3.74. The van der Waals surface area contributed by atoms with Gasteiger partial charge in [0.2, 0.25) is 0 Å². The third kappa shape index (κ3) is 4.63. The van der Waals surface area contributed by atoms with Crippen LogP contribution >= 0.6 is 11.6 Å². The summed E-state index contributed by atoms with van der Waals surface area (Å²) in [5, 5.41) is 4.99. The van der Waals surface area contributed by atoms with Crippen LogP contribution < -0.4 is 15.5 Å². The molecule has 2 N–H and O–H groups in total. The Hall–Kier alpha value is -1.75. The van der Waals surface area contributed by atoms with Crippen molar-refractivity contribution in [3.05, 3.63) is 24.3 Å². The Labute approximate surface area is 129 Å². The minimum Gasteiger partial charge on any atom is -0.372 e. The van der Waals surface area contributed by atoms with Crippen LogP contribution in [0.1, 0.15) is 19.3 Å². The third-order valence-electron chi connectivity index (χ3n) is 3.43. The Bertz CT molecular complexity index is 484. The molecule has 0 spiro atoms. The molecule has 1 saturated heterocycles. The van der Waals surface area contributed by atoms with Gasteiger partial charge in [-0.15, -0.1) is 11.6 Å². The van der Waals surface area contributed by atoms with Gasteiger partial charge < -0.3 is 15.5 Å². The predicted molar refractivity (Wildman–Crippen MR) is 84.9 cm³/mol. The second-order valence-corrected chi connectivity index (χ2v) is 5.37. The second kappa shape index (κ2) is 7.88. The van der Waals surface area contributed by atoms with Crippen LogP contribution in [0.2, 0.25) is 0 Å². The lowest BCUT2D eigenvalue weighted by atomic mass is 10.1. The highest BCUT2D eigenvalue weighted by molar-refractivity contribution is 6.39. The average molecular weight is 310 g/mol. The Morgan fingerprint density at radius 1 is 1.05 bits per heavy atom. The summed E-state index contributed by atoms with van der Waals surface area (Å²) < 4.78 is 0. The molecule has 0 aliphatic carbocycles. The fraction of sp³-hybridized carbons (Fsp3) is 0.467. The number of nitrogens with one attached hydrogen (secondary N) is 2. The zero-order valence-corrected chi connectivity index (χ0v) is 12.7. The summed E-state index contributed by atoms with van der Waals surface area (Å²) in [6, 6.07) is 7.57. The van der Waals surface area contributed by atoms with Crippen molar-refractivity contribution >= 4 is 34.8 Å². The molecule has 2 rings (SSSR count). The van der Waals surface area contributed by atoms with Gasteiger partial charge >= 0.3 is 11.8 Å². The van der Waals surface area contributed by atoms with E-state index in [-0.39, 0.29) is 12.4 Å². The highest BCUT2D eigenvalue weighted by atomic mass is 35.5. The van der Waals surface area contributed by atoms with Gasteiger partial charge in [-0.25, -0.2) is 0 Å². The Kier molecular flexibility index (Phi) is 5.87. The summed E-state index contributed by atoms with van der Waals surface area (Å²) in [5.41, 5.74) is 1.76. The molecule has 1 aromatic carbocycles. The molecular weight excluding hydrogens is 290 g/mol. The van der Waals surface area contributed by atoms with Crippen LogP contribution in [0.4, 0.5) is 11.4 Å². The maximum Gasteiger partial charge on any atom is 0.313 e. The fourth-order valence-corrected chi connectivity index (χ4v) is 2.43. The van der Waals surface area contributed by atoms with E-state index >= 15 is 0 Å². The Balaban J connectivity index is 1.89. The molecule has 0 unspecified atom stereocenters. The Morgan fingerprint density at radius 2 is 1.71 bits per heavy atom. The molecule has 1 heterocycles. The summed E-state index contributed by atoms with van der Waals surface area (Å²) in [6.45, 7) is 2.43. The SMILES string of the molecule is O=C(NCCCl)C(=O)Nc1ccc(N2CCCCC2)cc1. The molecule has 0 bridgehead atoms. The highest BCUT2D eigenvalue weighted by Gasteiger charge is 2.14. The number of hydrogen-bond acceptors (Lipinski definition) is 3. The number of carbonyl (C=O) groups excluding carboxylic acids is 2. The molecule has 0 atom stereocenters. The third-order valence-corrected chi connectivity index (χ3v) is 3.62. The summed E-state index contributed by atoms with van der Waals surface area (Å²) in [7, 11) is 0. The molecule has 1 aromatic rings. The Morgan fingerprint density at radius 3 is 2.33 bits per heavy atom. The standard InChI is InChI=1S/C15H20ClN3O2/c16-8-9-17-14(20)15(21)18-12-4-6-13(7-5-12)19-10-2-1-3-11-19/h4-7H,1-3,8-11H2,(H,17,20)(H,18,21). The molecule has 6 heteroatoms. The molecule has 0 saturated carbocycles. The number of amides is 2. The van der Waals surface area contributed by atoms with Gasteiger partial charge in [-0.3, -0.25) is 9.59 Å². The first-order chi connectivity index (χ1) is 10.2. The van der Waals surface area contributed by atoms with Crippen molar-refractivity contribution in [2.45, 2.75) is 19.3 Å². The summed E-state index contributed by atoms with van der Waals surface area (Å²) in [5.74, 6) is -1.06. The zero-order chi connectivity index (χ0) is 15.1. The number of rotatable bonds is 4. The quantitative estimate of drug-likeness (QED) is 0.660. The van der Waals surface area contributed by atoms with Crippen LogP contribution in [0.3, 0.4) is 0 Å². The molecule has 0 radical (unpaired) electrons. The van der Waals surface area contributed by atoms with E-state index < -0.39 is 11.8 Å². The summed E-state index contributed by atoms with van der Waals surface area (Å²) in [4.78, 5) is 25.4. The normalized spacial score (nSPS) is 14.6. The van der Waals surface area contributed by atoms with Gasteiger partial charge in [-0.05, 0) is 43.5 Å². The maximum atomic E-state index is 11.6. The molecule has 1 fully saturated rings. The molecule has 5 nitrogen and oxygen atoms in total.